The lowest BCUT2D eigenvalue weighted by atomic mass is 10.0. The number of nitrogens with zero attached hydrogens (tertiary/aromatic N) is 4. The van der Waals surface area contributed by atoms with Crippen molar-refractivity contribution in [3.63, 3.8) is 0 Å². The molecule has 2 heterocycles. The van der Waals surface area contributed by atoms with E-state index < -0.39 is 11.9 Å². The standard InChI is InChI=1S/C28H28FN5O3/c1-19-7-2-4-10-24(19)34(26(35)18-33-25-11-5-3-9-23(25)31-32-33)27(20-12-14-21(29)15-13-20)28(36)30-17-22-8-6-16-37-22/h2-5,7,9-15,22,27H,6,8,16-18H2,1H3,(H,30,36)/t22-,27-/m0/s1. The smallest absolute Gasteiger partial charge is 0.249 e. The average molecular weight is 502 g/mol. The highest BCUT2D eigenvalue weighted by molar-refractivity contribution is 6.02. The van der Waals surface area contributed by atoms with E-state index >= 15 is 0 Å². The van der Waals surface area contributed by atoms with Crippen LogP contribution in [0.25, 0.3) is 11.0 Å². The molecule has 1 N–H and O–H groups in total. The van der Waals surface area contributed by atoms with Crippen molar-refractivity contribution in [3.05, 3.63) is 89.7 Å². The molecule has 0 spiro atoms. The van der Waals surface area contributed by atoms with Crippen LogP contribution in [0, 0.1) is 12.7 Å². The second-order valence-corrected chi connectivity index (χ2v) is 9.12. The van der Waals surface area contributed by atoms with Crippen molar-refractivity contribution in [1.29, 1.82) is 0 Å². The van der Waals surface area contributed by atoms with Crippen LogP contribution >= 0.6 is 0 Å². The molecule has 2 atom stereocenters. The van der Waals surface area contributed by atoms with Crippen LogP contribution in [0.2, 0.25) is 0 Å². The molecule has 1 aliphatic heterocycles. The summed E-state index contributed by atoms with van der Waals surface area (Å²) in [6.07, 6.45) is 1.74. The lowest BCUT2D eigenvalue weighted by Gasteiger charge is -2.33. The quantitative estimate of drug-likeness (QED) is 0.395. The van der Waals surface area contributed by atoms with Gasteiger partial charge in [-0.05, 0) is 61.2 Å². The van der Waals surface area contributed by atoms with Crippen LogP contribution in [-0.4, -0.2) is 46.1 Å². The Morgan fingerprint density at radius 3 is 2.62 bits per heavy atom. The predicted octanol–water partition coefficient (Wildman–Crippen LogP) is 3.95. The molecule has 1 aliphatic rings. The molecule has 37 heavy (non-hydrogen) atoms. The number of aryl methyl sites for hydroxylation is 1. The number of hydrogen-bond donors (Lipinski definition) is 1. The Labute approximate surface area is 214 Å². The van der Waals surface area contributed by atoms with E-state index in [1.165, 1.54) is 33.8 Å². The number of benzene rings is 3. The molecule has 9 heteroatoms. The minimum Gasteiger partial charge on any atom is -0.376 e. The van der Waals surface area contributed by atoms with Crippen molar-refractivity contribution in [3.8, 4) is 0 Å². The van der Waals surface area contributed by atoms with Gasteiger partial charge in [0.15, 0.2) is 0 Å². The van der Waals surface area contributed by atoms with E-state index in [0.717, 1.165) is 18.4 Å². The molecule has 0 unspecified atom stereocenters. The van der Waals surface area contributed by atoms with E-state index in [1.807, 2.05) is 49.4 Å². The van der Waals surface area contributed by atoms with Crippen LogP contribution in [0.5, 0.6) is 0 Å². The molecule has 0 aliphatic carbocycles. The first-order chi connectivity index (χ1) is 18.0. The van der Waals surface area contributed by atoms with E-state index in [1.54, 1.807) is 6.07 Å². The van der Waals surface area contributed by atoms with Crippen molar-refractivity contribution >= 4 is 28.5 Å². The topological polar surface area (TPSA) is 89.4 Å². The highest BCUT2D eigenvalue weighted by atomic mass is 19.1. The molecule has 5 rings (SSSR count). The summed E-state index contributed by atoms with van der Waals surface area (Å²) in [5.41, 5.74) is 3.27. The van der Waals surface area contributed by atoms with E-state index in [0.29, 0.717) is 35.4 Å². The van der Waals surface area contributed by atoms with Crippen molar-refractivity contribution in [1.82, 2.24) is 20.3 Å². The number of nitrogens with one attached hydrogen (secondary N) is 1. The Bertz CT molecular complexity index is 1400. The fourth-order valence-electron chi connectivity index (χ4n) is 4.67. The number of rotatable bonds is 8. The number of hydrogen-bond acceptors (Lipinski definition) is 5. The first kappa shape index (κ1) is 24.6. The van der Waals surface area contributed by atoms with E-state index in [9.17, 15) is 14.0 Å². The van der Waals surface area contributed by atoms with Gasteiger partial charge >= 0.3 is 0 Å². The normalized spacial score (nSPS) is 16.0. The van der Waals surface area contributed by atoms with Gasteiger partial charge in [-0.15, -0.1) is 5.10 Å². The largest absolute Gasteiger partial charge is 0.376 e. The molecule has 1 saturated heterocycles. The van der Waals surface area contributed by atoms with Crippen LogP contribution in [0.4, 0.5) is 10.1 Å². The Hall–Kier alpha value is -4.11. The minimum atomic E-state index is -1.04. The Balaban J connectivity index is 1.54. The molecular weight excluding hydrogens is 473 g/mol. The second-order valence-electron chi connectivity index (χ2n) is 9.12. The summed E-state index contributed by atoms with van der Waals surface area (Å²) in [5, 5.41) is 11.3. The van der Waals surface area contributed by atoms with Crippen LogP contribution in [0.15, 0.2) is 72.8 Å². The molecule has 4 aromatic rings. The summed E-state index contributed by atoms with van der Waals surface area (Å²) < 4.78 is 21.0. The summed E-state index contributed by atoms with van der Waals surface area (Å²) >= 11 is 0. The van der Waals surface area contributed by atoms with E-state index in [2.05, 4.69) is 15.6 Å². The van der Waals surface area contributed by atoms with Gasteiger partial charge in [-0.1, -0.05) is 47.7 Å². The monoisotopic (exact) mass is 501 g/mol. The van der Waals surface area contributed by atoms with Crippen molar-refractivity contribution in [2.24, 2.45) is 0 Å². The number of halogens is 1. The van der Waals surface area contributed by atoms with Crippen molar-refractivity contribution in [2.75, 3.05) is 18.1 Å². The SMILES string of the molecule is Cc1ccccc1N(C(=O)Cn1nnc2ccccc21)[C@H](C(=O)NC[C@@H]1CCCO1)c1ccc(F)cc1. The average Bonchev–Trinajstić information content (AvgIpc) is 3.58. The number of fused-ring (bicyclic) bond motifs is 1. The maximum absolute atomic E-state index is 14.0. The third-order valence-electron chi connectivity index (χ3n) is 6.57. The minimum absolute atomic E-state index is 0.0676. The molecule has 1 aromatic heterocycles. The van der Waals surface area contributed by atoms with Gasteiger partial charge in [0.2, 0.25) is 11.8 Å². The predicted molar refractivity (Wildman–Crippen MR) is 137 cm³/mol. The van der Waals surface area contributed by atoms with Gasteiger partial charge in [-0.3, -0.25) is 14.5 Å². The summed E-state index contributed by atoms with van der Waals surface area (Å²) in [6, 6.07) is 19.4. The summed E-state index contributed by atoms with van der Waals surface area (Å²) in [5.74, 6) is -1.15. The zero-order valence-electron chi connectivity index (χ0n) is 20.5. The summed E-state index contributed by atoms with van der Waals surface area (Å²) in [4.78, 5) is 29.2. The molecule has 2 amide bonds. The van der Waals surface area contributed by atoms with Crippen molar-refractivity contribution < 1.29 is 18.7 Å². The van der Waals surface area contributed by atoms with Gasteiger partial charge < -0.3 is 10.1 Å². The van der Waals surface area contributed by atoms with E-state index in [-0.39, 0.29) is 24.5 Å². The molecule has 190 valence electrons. The van der Waals surface area contributed by atoms with Crippen LogP contribution in [0.3, 0.4) is 0 Å². The highest BCUT2D eigenvalue weighted by Gasteiger charge is 2.34. The highest BCUT2D eigenvalue weighted by Crippen LogP contribution is 2.31. The third kappa shape index (κ3) is 5.36. The van der Waals surface area contributed by atoms with Crippen molar-refractivity contribution in [2.45, 2.75) is 38.5 Å². The Morgan fingerprint density at radius 1 is 1.11 bits per heavy atom. The van der Waals surface area contributed by atoms with Gasteiger partial charge in [-0.25, -0.2) is 9.07 Å². The number of carbonyl (C=O) groups excluding carboxylic acids is 2. The Kier molecular flexibility index (Phi) is 7.23. The maximum atomic E-state index is 14.0. The fourth-order valence-corrected chi connectivity index (χ4v) is 4.67. The maximum Gasteiger partial charge on any atom is 0.249 e. The number of aromatic nitrogens is 3. The van der Waals surface area contributed by atoms with Crippen LogP contribution < -0.4 is 10.2 Å². The lowest BCUT2D eigenvalue weighted by molar-refractivity contribution is -0.127. The molecule has 8 nitrogen and oxygen atoms in total. The zero-order valence-corrected chi connectivity index (χ0v) is 20.5. The Morgan fingerprint density at radius 2 is 1.86 bits per heavy atom. The first-order valence-electron chi connectivity index (χ1n) is 12.3. The van der Waals surface area contributed by atoms with Gasteiger partial charge in [0.25, 0.3) is 0 Å². The number of amides is 2. The fraction of sp³-hybridized carbons (Fsp3) is 0.286. The number of ether oxygens (including phenoxy) is 1. The van der Waals surface area contributed by atoms with Crippen LogP contribution in [0.1, 0.15) is 30.0 Å². The lowest BCUT2D eigenvalue weighted by Crippen LogP contribution is -2.47. The summed E-state index contributed by atoms with van der Waals surface area (Å²) in [7, 11) is 0. The van der Waals surface area contributed by atoms with E-state index in [4.69, 9.17) is 4.74 Å². The van der Waals surface area contributed by atoms with Crippen LogP contribution in [-0.2, 0) is 20.9 Å². The van der Waals surface area contributed by atoms with Gasteiger partial charge in [-0.2, -0.15) is 0 Å². The molecule has 0 saturated carbocycles. The molecular formula is C28H28FN5O3. The zero-order chi connectivity index (χ0) is 25.8. The molecule has 1 fully saturated rings. The molecule has 0 radical (unpaired) electrons. The van der Waals surface area contributed by atoms with Gasteiger partial charge in [0.1, 0.15) is 23.9 Å². The molecule has 3 aromatic carbocycles. The molecule has 0 bridgehead atoms. The number of para-hydroxylation sites is 2. The van der Waals surface area contributed by atoms with Gasteiger partial charge in [0.05, 0.1) is 11.6 Å². The third-order valence-corrected chi connectivity index (χ3v) is 6.57. The summed E-state index contributed by atoms with van der Waals surface area (Å²) in [6.45, 7) is 2.75. The number of anilines is 1. The second kappa shape index (κ2) is 10.9. The van der Waals surface area contributed by atoms with Gasteiger partial charge in [0, 0.05) is 18.8 Å². The first-order valence-corrected chi connectivity index (χ1v) is 12.3. The number of carbonyl (C=O) groups is 2.